The van der Waals surface area contributed by atoms with Crippen LogP contribution in [0.2, 0.25) is 0 Å². The highest BCUT2D eigenvalue weighted by Gasteiger charge is 2.22. The first-order valence-corrected chi connectivity index (χ1v) is 37.8. The molecule has 0 aliphatic carbocycles. The molecule has 0 heterocycles. The minimum absolute atomic E-state index is 0.0445. The predicted molar refractivity (Wildman–Crippen MR) is 369 cm³/mol. The Kier molecular flexibility index (Phi) is 64.4. The van der Waals surface area contributed by atoms with E-state index in [2.05, 4.69) is 92.8 Å². The number of unbranched alkanes of at least 4 members (excludes halogenated alkanes) is 39. The second kappa shape index (κ2) is 66.6. The van der Waals surface area contributed by atoms with Crippen LogP contribution in [-0.4, -0.2) is 70.0 Å². The molecule has 0 aromatic carbocycles. The van der Waals surface area contributed by atoms with Gasteiger partial charge in [-0.15, -0.1) is 0 Å². The van der Waals surface area contributed by atoms with Gasteiger partial charge in [-0.25, -0.2) is 0 Å². The molecule has 0 aliphatic heterocycles. The van der Waals surface area contributed by atoms with Crippen LogP contribution >= 0.6 is 7.82 Å². The zero-order valence-corrected chi connectivity index (χ0v) is 57.9. The van der Waals surface area contributed by atoms with E-state index in [1.807, 2.05) is 27.2 Å². The number of hydrogen-bond acceptors (Lipinski definition) is 8. The van der Waals surface area contributed by atoms with Crippen LogP contribution in [-0.2, 0) is 32.7 Å². The zero-order chi connectivity index (χ0) is 62.6. The first kappa shape index (κ1) is 83.2. The summed E-state index contributed by atoms with van der Waals surface area (Å²) >= 11 is 0. The number of carbonyl (C=O) groups excluding carboxylic acids is 2. The number of phosphoric ester groups is 1. The fraction of sp³-hybridized carbons (Fsp3) is 0.789. The Morgan fingerprint density at radius 3 is 0.977 bits per heavy atom. The van der Waals surface area contributed by atoms with E-state index < -0.39 is 32.5 Å². The van der Waals surface area contributed by atoms with E-state index in [-0.39, 0.29) is 26.1 Å². The van der Waals surface area contributed by atoms with Crippen molar-refractivity contribution >= 4 is 19.8 Å². The molecule has 0 bridgehead atoms. The van der Waals surface area contributed by atoms with Gasteiger partial charge >= 0.3 is 11.9 Å². The van der Waals surface area contributed by atoms with E-state index >= 15 is 0 Å². The second-order valence-electron chi connectivity index (χ2n) is 25.6. The van der Waals surface area contributed by atoms with E-state index in [0.717, 1.165) is 64.2 Å². The second-order valence-corrected chi connectivity index (χ2v) is 27.0. The van der Waals surface area contributed by atoms with Crippen LogP contribution in [0.25, 0.3) is 0 Å². The fourth-order valence-electron chi connectivity index (χ4n) is 10.4. The number of hydrogen-bond donors (Lipinski definition) is 0. The summed E-state index contributed by atoms with van der Waals surface area (Å²) in [6, 6.07) is 0. The minimum Gasteiger partial charge on any atom is -0.756 e. The van der Waals surface area contributed by atoms with Gasteiger partial charge in [-0.3, -0.25) is 14.2 Å². The third-order valence-electron chi connectivity index (χ3n) is 15.9. The predicted octanol–water partition coefficient (Wildman–Crippen LogP) is 23.1. The van der Waals surface area contributed by atoms with Crippen molar-refractivity contribution < 1.29 is 42.1 Å². The number of likely N-dealkylation sites (N-methyl/N-ethyl adjacent to an activating group) is 1. The van der Waals surface area contributed by atoms with Crippen molar-refractivity contribution in [2.24, 2.45) is 0 Å². The molecule has 0 aromatic heterocycles. The Morgan fingerprint density at radius 1 is 0.372 bits per heavy atom. The molecule has 0 amide bonds. The summed E-state index contributed by atoms with van der Waals surface area (Å²) in [4.78, 5) is 38.0. The summed E-state index contributed by atoms with van der Waals surface area (Å²) in [6.45, 7) is 4.10. The maximum atomic E-state index is 12.8. The lowest BCUT2D eigenvalue weighted by Crippen LogP contribution is -2.37. The van der Waals surface area contributed by atoms with Crippen molar-refractivity contribution in [2.45, 2.75) is 341 Å². The third kappa shape index (κ3) is 70.3. The van der Waals surface area contributed by atoms with Gasteiger partial charge in [0.05, 0.1) is 27.7 Å². The van der Waals surface area contributed by atoms with Crippen molar-refractivity contribution in [3.63, 3.8) is 0 Å². The monoisotopic (exact) mass is 1220 g/mol. The molecule has 0 spiro atoms. The summed E-state index contributed by atoms with van der Waals surface area (Å²) in [5, 5.41) is 0. The van der Waals surface area contributed by atoms with E-state index in [0.29, 0.717) is 23.9 Å². The normalized spacial score (nSPS) is 13.6. The van der Waals surface area contributed by atoms with E-state index in [4.69, 9.17) is 18.5 Å². The number of allylic oxidation sites excluding steroid dienone is 14. The number of quaternary nitrogens is 1. The molecule has 0 radical (unpaired) electrons. The quantitative estimate of drug-likeness (QED) is 0.0195. The van der Waals surface area contributed by atoms with Gasteiger partial charge < -0.3 is 27.9 Å². The summed E-state index contributed by atoms with van der Waals surface area (Å²) in [5.74, 6) is -0.895. The molecule has 0 aliphatic rings. The van der Waals surface area contributed by atoms with Crippen LogP contribution in [0.1, 0.15) is 335 Å². The lowest BCUT2D eigenvalue weighted by atomic mass is 10.0. The highest BCUT2D eigenvalue weighted by Crippen LogP contribution is 2.38. The van der Waals surface area contributed by atoms with Crippen molar-refractivity contribution in [2.75, 3.05) is 47.5 Å². The lowest BCUT2D eigenvalue weighted by molar-refractivity contribution is -0.870. The Bertz CT molecular complexity index is 1730. The molecule has 0 saturated carbocycles. The van der Waals surface area contributed by atoms with Crippen LogP contribution in [0.4, 0.5) is 0 Å². The number of nitrogens with zero attached hydrogens (tertiary/aromatic N) is 1. The van der Waals surface area contributed by atoms with Crippen LogP contribution in [0.5, 0.6) is 0 Å². The molecule has 0 rings (SSSR count). The number of esters is 2. The molecule has 9 nitrogen and oxygen atoms in total. The van der Waals surface area contributed by atoms with E-state index in [1.54, 1.807) is 0 Å². The average molecular weight is 1220 g/mol. The highest BCUT2D eigenvalue weighted by molar-refractivity contribution is 7.45. The lowest BCUT2D eigenvalue weighted by Gasteiger charge is -2.28. The van der Waals surface area contributed by atoms with Crippen molar-refractivity contribution in [1.29, 1.82) is 0 Å². The van der Waals surface area contributed by atoms with Crippen molar-refractivity contribution in [3.8, 4) is 0 Å². The fourth-order valence-corrected chi connectivity index (χ4v) is 11.1. The Balaban J connectivity index is 3.98. The first-order valence-electron chi connectivity index (χ1n) is 36.3. The molecule has 2 unspecified atom stereocenters. The summed E-state index contributed by atoms with van der Waals surface area (Å²) in [5.41, 5.74) is 0. The smallest absolute Gasteiger partial charge is 0.306 e. The number of rotatable bonds is 67. The summed E-state index contributed by atoms with van der Waals surface area (Å²) in [7, 11) is 1.13. The molecular formula is C76H138NO8P. The van der Waals surface area contributed by atoms with Gasteiger partial charge in [-0.2, -0.15) is 0 Å². The van der Waals surface area contributed by atoms with Gasteiger partial charge in [0.15, 0.2) is 6.10 Å². The first-order chi connectivity index (χ1) is 42.0. The van der Waals surface area contributed by atoms with Gasteiger partial charge in [0.2, 0.25) is 0 Å². The number of ether oxygens (including phenoxy) is 2. The Hall–Kier alpha value is -2.81. The van der Waals surface area contributed by atoms with E-state index in [1.165, 1.54) is 231 Å². The van der Waals surface area contributed by atoms with Crippen LogP contribution in [0.3, 0.4) is 0 Å². The number of phosphoric acid groups is 1. The molecule has 10 heteroatoms. The van der Waals surface area contributed by atoms with Gasteiger partial charge in [0, 0.05) is 12.8 Å². The average Bonchev–Trinajstić information content (AvgIpc) is 3.56. The van der Waals surface area contributed by atoms with Crippen LogP contribution < -0.4 is 4.89 Å². The molecule has 0 N–H and O–H groups in total. The third-order valence-corrected chi connectivity index (χ3v) is 16.9. The van der Waals surface area contributed by atoms with Gasteiger partial charge in [0.1, 0.15) is 19.8 Å². The molecule has 86 heavy (non-hydrogen) atoms. The standard InChI is InChI=1S/C76H138NO8P/c1-6-8-10-12-14-16-18-20-22-24-26-28-30-31-32-33-34-35-36-37-38-39-40-41-42-43-44-45-47-48-50-52-54-56-58-60-62-64-66-68-75(78)82-72-74(73-84-86(80,81)83-71-70-77(3,4)5)85-76(79)69-67-65-63-61-59-57-55-53-51-49-46-29-27-25-23-21-19-17-15-13-11-9-7-2/h9,11,15,17,21,23,27,29,49,51,55,57,61,63,74H,6-8,10,12-14,16,18-20,22,24-26,28,30-48,50,52-54,56,58-60,62,64-73H2,1-5H3/b11-9-,17-15-,23-21-,29-27-,51-49-,57-55-,63-61-. The van der Waals surface area contributed by atoms with Gasteiger partial charge in [-0.1, -0.05) is 343 Å². The van der Waals surface area contributed by atoms with Crippen molar-refractivity contribution in [1.82, 2.24) is 0 Å². The molecule has 0 fully saturated rings. The molecule has 500 valence electrons. The maximum absolute atomic E-state index is 12.8. The molecule has 0 aromatic rings. The summed E-state index contributed by atoms with van der Waals surface area (Å²) < 4.78 is 34.2. The Labute approximate surface area is 532 Å². The Morgan fingerprint density at radius 2 is 0.663 bits per heavy atom. The topological polar surface area (TPSA) is 111 Å². The minimum atomic E-state index is -4.66. The van der Waals surface area contributed by atoms with Crippen LogP contribution in [0, 0.1) is 0 Å². The highest BCUT2D eigenvalue weighted by atomic mass is 31.2. The SMILES string of the molecule is CC/C=C\C/C=C\C/C=C\C/C=C\C/C=C\C/C=C\C/C=C\CCCC(=O)OC(COC(=O)CCCCCCCCCCCCCCCCCCCCCCCCCCCCCCCCCCCCCCCCC)COP(=O)([O-])OCC[N+](C)(C)C. The zero-order valence-electron chi connectivity index (χ0n) is 57.0. The molecule has 0 saturated heterocycles. The molecule has 2 atom stereocenters. The van der Waals surface area contributed by atoms with E-state index in [9.17, 15) is 19.0 Å². The van der Waals surface area contributed by atoms with Crippen molar-refractivity contribution in [3.05, 3.63) is 85.1 Å². The maximum Gasteiger partial charge on any atom is 0.306 e. The van der Waals surface area contributed by atoms with Gasteiger partial charge in [-0.05, 0) is 64.2 Å². The summed E-state index contributed by atoms with van der Waals surface area (Å²) in [6.07, 6.45) is 91.4. The molecular weight excluding hydrogens is 1090 g/mol. The number of carbonyl (C=O) groups is 2. The van der Waals surface area contributed by atoms with Gasteiger partial charge in [0.25, 0.3) is 7.82 Å². The largest absolute Gasteiger partial charge is 0.756 e. The van der Waals surface area contributed by atoms with Crippen LogP contribution in [0.15, 0.2) is 85.1 Å².